The fourth-order valence-electron chi connectivity index (χ4n) is 2.13. The number of halogens is 6. The van der Waals surface area contributed by atoms with Crippen LogP contribution in [0.3, 0.4) is 0 Å². The van der Waals surface area contributed by atoms with Crippen LogP contribution in [0.2, 0.25) is 0 Å². The normalized spacial score (nSPS) is 10.5. The Morgan fingerprint density at radius 3 is 1.34 bits per heavy atom. The smallest absolute Gasteiger partial charge is 0.416 e. The molecule has 0 heterocycles. The van der Waals surface area contributed by atoms with Gasteiger partial charge in [-0.2, -0.15) is 26.3 Å². The second-order valence-electron chi connectivity index (χ2n) is 5.90. The van der Waals surface area contributed by atoms with Crippen LogP contribution in [0.5, 0.6) is 11.5 Å². The van der Waals surface area contributed by atoms with Gasteiger partial charge >= 0.3 is 23.7 Å². The average molecular weight is 506 g/mol. The van der Waals surface area contributed by atoms with Gasteiger partial charge in [0.15, 0.2) is 0 Å². The first-order chi connectivity index (χ1) is 16.2. The minimum atomic E-state index is -4.90. The van der Waals surface area contributed by atoms with E-state index >= 15 is 0 Å². The predicted octanol–water partition coefficient (Wildman–Crippen LogP) is 4.31. The third kappa shape index (κ3) is 8.84. The van der Waals surface area contributed by atoms with Crippen LogP contribution in [0.15, 0.2) is 36.4 Å². The van der Waals surface area contributed by atoms with Crippen molar-refractivity contribution in [1.82, 2.24) is 0 Å². The predicted molar refractivity (Wildman–Crippen MR) is 106 cm³/mol. The second-order valence-corrected chi connectivity index (χ2v) is 5.90. The van der Waals surface area contributed by atoms with Gasteiger partial charge in [0.2, 0.25) is 11.5 Å². The Bertz CT molecular complexity index is 1110. The number of nitrogens with zero attached hydrogens (tertiary/aromatic N) is 2. The van der Waals surface area contributed by atoms with E-state index in [0.29, 0.717) is 24.3 Å². The first-order valence-corrected chi connectivity index (χ1v) is 8.79. The van der Waals surface area contributed by atoms with E-state index in [1.54, 1.807) is 0 Å². The van der Waals surface area contributed by atoms with E-state index in [4.69, 9.17) is 14.9 Å². The molecule has 0 aliphatic carbocycles. The summed E-state index contributed by atoms with van der Waals surface area (Å²) in [7, 11) is 0. The molecule has 0 atom stereocenters. The standard InChI is InChI=1S/C14H6F6N2O5.C6H6O2/c15-13(16,17)7-1-3-11(9(5-7)21(23)24)27-12-4-2-8(14(18,19)20)6-10(12)22(25)26;7-5-3-1-2-4-6-8/h1-6H;7-8H,5-6H2. The summed E-state index contributed by atoms with van der Waals surface area (Å²) in [6.45, 7) is -0.361. The highest BCUT2D eigenvalue weighted by molar-refractivity contribution is 5.56. The largest absolute Gasteiger partial charge is 0.443 e. The molecule has 2 aromatic carbocycles. The minimum absolute atomic E-state index is 0.144. The van der Waals surface area contributed by atoms with Crippen LogP contribution < -0.4 is 4.74 Å². The topological polar surface area (TPSA) is 136 Å². The Morgan fingerprint density at radius 1 is 0.743 bits per heavy atom. The molecule has 0 bridgehead atoms. The number of hydrogen-bond donors (Lipinski definition) is 2. The molecule has 2 aromatic rings. The lowest BCUT2D eigenvalue weighted by Crippen LogP contribution is -2.07. The van der Waals surface area contributed by atoms with Crippen LogP contribution in [-0.2, 0) is 12.4 Å². The third-order valence-corrected chi connectivity index (χ3v) is 3.58. The molecule has 0 aliphatic heterocycles. The van der Waals surface area contributed by atoms with Gasteiger partial charge in [0.05, 0.1) is 21.0 Å². The lowest BCUT2D eigenvalue weighted by atomic mass is 10.1. The van der Waals surface area contributed by atoms with Crippen molar-refractivity contribution in [2.75, 3.05) is 13.2 Å². The van der Waals surface area contributed by atoms with Gasteiger partial charge in [-0.15, -0.1) is 0 Å². The first kappa shape index (κ1) is 28.7. The lowest BCUT2D eigenvalue weighted by Gasteiger charge is -2.11. The van der Waals surface area contributed by atoms with Gasteiger partial charge in [0.25, 0.3) is 0 Å². The number of ether oxygens (including phenoxy) is 1. The van der Waals surface area contributed by atoms with E-state index < -0.39 is 56.2 Å². The van der Waals surface area contributed by atoms with E-state index in [-0.39, 0.29) is 25.3 Å². The quantitative estimate of drug-likeness (QED) is 0.273. The van der Waals surface area contributed by atoms with Crippen molar-refractivity contribution in [3.8, 4) is 35.2 Å². The summed E-state index contributed by atoms with van der Waals surface area (Å²) in [5.41, 5.74) is -5.08. The van der Waals surface area contributed by atoms with Crippen LogP contribution in [0.25, 0.3) is 0 Å². The maximum absolute atomic E-state index is 12.7. The summed E-state index contributed by atoms with van der Waals surface area (Å²) in [6.07, 6.45) is -9.80. The van der Waals surface area contributed by atoms with E-state index in [1.807, 2.05) is 0 Å². The maximum Gasteiger partial charge on any atom is 0.416 e. The van der Waals surface area contributed by atoms with Gasteiger partial charge in [-0.1, -0.05) is 11.8 Å². The molecule has 186 valence electrons. The molecular formula is C20H12F6N2O7. The fraction of sp³-hybridized carbons (Fsp3) is 0.200. The van der Waals surface area contributed by atoms with Crippen molar-refractivity contribution in [2.24, 2.45) is 0 Å². The molecular weight excluding hydrogens is 494 g/mol. The fourth-order valence-corrected chi connectivity index (χ4v) is 2.13. The first-order valence-electron chi connectivity index (χ1n) is 8.79. The maximum atomic E-state index is 12.7. The number of rotatable bonds is 4. The molecule has 0 amide bonds. The highest BCUT2D eigenvalue weighted by Crippen LogP contribution is 2.41. The van der Waals surface area contributed by atoms with Gasteiger partial charge < -0.3 is 14.9 Å². The van der Waals surface area contributed by atoms with Crippen molar-refractivity contribution < 1.29 is 51.1 Å². The number of nitro benzene ring substituents is 2. The molecule has 0 radical (unpaired) electrons. The van der Waals surface area contributed by atoms with Crippen molar-refractivity contribution in [2.45, 2.75) is 12.4 Å². The van der Waals surface area contributed by atoms with Crippen molar-refractivity contribution in [3.05, 3.63) is 67.8 Å². The van der Waals surface area contributed by atoms with Crippen LogP contribution in [0.1, 0.15) is 11.1 Å². The van der Waals surface area contributed by atoms with E-state index in [2.05, 4.69) is 23.7 Å². The molecule has 0 unspecified atom stereocenters. The van der Waals surface area contributed by atoms with Crippen LogP contribution in [0, 0.1) is 43.9 Å². The molecule has 2 N–H and O–H groups in total. The molecule has 0 saturated heterocycles. The van der Waals surface area contributed by atoms with E-state index in [1.165, 1.54) is 0 Å². The zero-order valence-electron chi connectivity index (χ0n) is 17.0. The summed E-state index contributed by atoms with van der Waals surface area (Å²) in [4.78, 5) is 19.5. The minimum Gasteiger partial charge on any atom is -0.443 e. The summed E-state index contributed by atoms with van der Waals surface area (Å²) in [5.74, 6) is 7.62. The highest BCUT2D eigenvalue weighted by Gasteiger charge is 2.35. The van der Waals surface area contributed by atoms with Crippen LogP contribution >= 0.6 is 0 Å². The van der Waals surface area contributed by atoms with Crippen molar-refractivity contribution in [1.29, 1.82) is 0 Å². The lowest BCUT2D eigenvalue weighted by molar-refractivity contribution is -0.387. The Labute approximate surface area is 191 Å². The molecule has 0 saturated carbocycles. The Hall–Kier alpha value is -4.34. The number of nitro groups is 2. The SMILES string of the molecule is O=[N+]([O-])c1cc(C(F)(F)F)ccc1Oc1ccc(C(F)(F)F)cc1[N+](=O)[O-].OCC#CC#CCO. The molecule has 0 fully saturated rings. The second kappa shape index (κ2) is 12.2. The number of hydrogen-bond acceptors (Lipinski definition) is 7. The molecule has 2 rings (SSSR count). The summed E-state index contributed by atoms with van der Waals surface area (Å²) in [5, 5.41) is 38.1. The Kier molecular flexibility index (Phi) is 10.0. The highest BCUT2D eigenvalue weighted by atomic mass is 19.4. The van der Waals surface area contributed by atoms with Gasteiger partial charge in [-0.25, -0.2) is 0 Å². The molecule has 9 nitrogen and oxygen atoms in total. The van der Waals surface area contributed by atoms with E-state index in [0.717, 1.165) is 0 Å². The monoisotopic (exact) mass is 506 g/mol. The van der Waals surface area contributed by atoms with E-state index in [9.17, 15) is 46.6 Å². The number of benzene rings is 2. The van der Waals surface area contributed by atoms with Gasteiger partial charge in [-0.3, -0.25) is 20.2 Å². The van der Waals surface area contributed by atoms with Gasteiger partial charge in [0, 0.05) is 12.1 Å². The Morgan fingerprint density at radius 2 is 1.09 bits per heavy atom. The Balaban J connectivity index is 0.000000658. The number of alkyl halides is 6. The molecule has 35 heavy (non-hydrogen) atoms. The zero-order chi connectivity index (χ0) is 26.8. The average Bonchev–Trinajstić information content (AvgIpc) is 2.76. The van der Waals surface area contributed by atoms with Gasteiger partial charge in [0.1, 0.15) is 13.2 Å². The van der Waals surface area contributed by atoms with Crippen LogP contribution in [0.4, 0.5) is 37.7 Å². The summed E-state index contributed by atoms with van der Waals surface area (Å²) >= 11 is 0. The molecule has 0 aromatic heterocycles. The van der Waals surface area contributed by atoms with Crippen molar-refractivity contribution >= 4 is 11.4 Å². The number of aliphatic hydroxyl groups is 2. The summed E-state index contributed by atoms with van der Waals surface area (Å²) < 4.78 is 80.8. The zero-order valence-corrected chi connectivity index (χ0v) is 17.0. The molecule has 0 spiro atoms. The summed E-state index contributed by atoms with van der Waals surface area (Å²) in [6, 6.07) is 2.23. The third-order valence-electron chi connectivity index (χ3n) is 3.58. The number of aliphatic hydroxyl groups excluding tert-OH is 2. The molecule has 0 aliphatic rings. The van der Waals surface area contributed by atoms with Crippen LogP contribution in [-0.4, -0.2) is 33.3 Å². The van der Waals surface area contributed by atoms with Gasteiger partial charge in [-0.05, 0) is 36.1 Å². The van der Waals surface area contributed by atoms with Crippen molar-refractivity contribution in [3.63, 3.8) is 0 Å². The molecule has 15 heteroatoms.